The van der Waals surface area contributed by atoms with E-state index >= 15 is 0 Å². The van der Waals surface area contributed by atoms with Crippen LogP contribution in [0, 0.1) is 0 Å². The summed E-state index contributed by atoms with van der Waals surface area (Å²) in [6.45, 7) is 5.80. The van der Waals surface area contributed by atoms with Crippen molar-refractivity contribution in [1.29, 1.82) is 0 Å². The highest BCUT2D eigenvalue weighted by Crippen LogP contribution is 2.22. The molecule has 2 aliphatic rings. The van der Waals surface area contributed by atoms with E-state index < -0.39 is 0 Å². The van der Waals surface area contributed by atoms with Crippen molar-refractivity contribution in [2.24, 2.45) is 0 Å². The van der Waals surface area contributed by atoms with Gasteiger partial charge in [0.1, 0.15) is 0 Å². The molecule has 0 bridgehead atoms. The molecule has 0 radical (unpaired) electrons. The van der Waals surface area contributed by atoms with Gasteiger partial charge in [-0.05, 0) is 58.5 Å². The molecule has 1 saturated heterocycles. The summed E-state index contributed by atoms with van der Waals surface area (Å²) >= 11 is 0. The lowest BCUT2D eigenvalue weighted by atomic mass is 9.90. The number of hydrogen-bond acceptors (Lipinski definition) is 3. The lowest BCUT2D eigenvalue weighted by Crippen LogP contribution is -2.46. The van der Waals surface area contributed by atoms with Crippen LogP contribution in [0.15, 0.2) is 0 Å². The third-order valence-corrected chi connectivity index (χ3v) is 4.91. The summed E-state index contributed by atoms with van der Waals surface area (Å²) in [4.78, 5) is 16.6. The fourth-order valence-corrected chi connectivity index (χ4v) is 3.60. The molecule has 0 spiro atoms. The van der Waals surface area contributed by atoms with E-state index in [1.807, 2.05) is 0 Å². The van der Waals surface area contributed by atoms with Crippen LogP contribution in [0.2, 0.25) is 0 Å². The Bertz CT molecular complexity index is 294. The lowest BCUT2D eigenvalue weighted by molar-refractivity contribution is -0.133. The van der Waals surface area contributed by atoms with Gasteiger partial charge in [0.05, 0.1) is 6.54 Å². The Hall–Kier alpha value is -0.610. The highest BCUT2D eigenvalue weighted by Gasteiger charge is 2.26. The van der Waals surface area contributed by atoms with Crippen LogP contribution in [0.5, 0.6) is 0 Å². The van der Waals surface area contributed by atoms with Crippen LogP contribution >= 0.6 is 0 Å². The lowest BCUT2D eigenvalue weighted by Gasteiger charge is -2.36. The van der Waals surface area contributed by atoms with Crippen LogP contribution in [-0.2, 0) is 4.79 Å². The second-order valence-electron chi connectivity index (χ2n) is 6.42. The molecule has 4 heteroatoms. The number of carbonyl (C=O) groups is 1. The molecule has 1 N–H and O–H groups in total. The smallest absolute Gasteiger partial charge is 0.236 e. The van der Waals surface area contributed by atoms with Gasteiger partial charge in [0.2, 0.25) is 5.91 Å². The van der Waals surface area contributed by atoms with Gasteiger partial charge in [-0.3, -0.25) is 9.69 Å². The molecule has 0 atom stereocenters. The van der Waals surface area contributed by atoms with Crippen molar-refractivity contribution in [3.63, 3.8) is 0 Å². The zero-order valence-corrected chi connectivity index (χ0v) is 13.2. The maximum Gasteiger partial charge on any atom is 0.236 e. The first kappa shape index (κ1) is 15.8. The minimum atomic E-state index is 0.334. The fourth-order valence-electron chi connectivity index (χ4n) is 3.60. The van der Waals surface area contributed by atoms with Crippen molar-refractivity contribution in [2.45, 2.75) is 64.0 Å². The maximum absolute atomic E-state index is 12.3. The molecule has 2 fully saturated rings. The van der Waals surface area contributed by atoms with Gasteiger partial charge in [0, 0.05) is 25.2 Å². The van der Waals surface area contributed by atoms with Crippen molar-refractivity contribution in [2.75, 3.05) is 33.2 Å². The number of hydrogen-bond donors (Lipinski definition) is 1. The largest absolute Gasteiger partial charge is 0.342 e. The summed E-state index contributed by atoms with van der Waals surface area (Å²) in [5, 5.41) is 3.54. The van der Waals surface area contributed by atoms with Gasteiger partial charge >= 0.3 is 0 Å². The second kappa shape index (κ2) is 7.99. The first-order valence-corrected chi connectivity index (χ1v) is 8.42. The van der Waals surface area contributed by atoms with E-state index in [-0.39, 0.29) is 0 Å². The molecule has 0 unspecified atom stereocenters. The van der Waals surface area contributed by atoms with E-state index in [2.05, 4.69) is 29.1 Å². The first-order chi connectivity index (χ1) is 9.70. The summed E-state index contributed by atoms with van der Waals surface area (Å²) < 4.78 is 0. The normalized spacial score (nSPS) is 27.9. The molecule has 1 aliphatic carbocycles. The Morgan fingerprint density at radius 2 is 1.80 bits per heavy atom. The summed E-state index contributed by atoms with van der Waals surface area (Å²) in [6, 6.07) is 1.29. The van der Waals surface area contributed by atoms with Gasteiger partial charge in [-0.2, -0.15) is 0 Å². The van der Waals surface area contributed by atoms with Crippen LogP contribution in [0.25, 0.3) is 0 Å². The predicted molar refractivity (Wildman–Crippen MR) is 82.8 cm³/mol. The van der Waals surface area contributed by atoms with E-state index in [1.54, 1.807) is 0 Å². The summed E-state index contributed by atoms with van der Waals surface area (Å²) in [5.74, 6) is 0.334. The number of amides is 1. The van der Waals surface area contributed by atoms with Gasteiger partial charge in [0.25, 0.3) is 0 Å². The van der Waals surface area contributed by atoms with Crippen LogP contribution < -0.4 is 5.32 Å². The van der Waals surface area contributed by atoms with Gasteiger partial charge < -0.3 is 10.2 Å². The number of piperidine rings is 1. The molecule has 0 aromatic carbocycles. The van der Waals surface area contributed by atoms with E-state index in [4.69, 9.17) is 0 Å². The highest BCUT2D eigenvalue weighted by atomic mass is 16.2. The molecule has 1 aliphatic heterocycles. The maximum atomic E-state index is 12.3. The number of nitrogens with one attached hydrogen (secondary N) is 1. The number of rotatable bonds is 5. The van der Waals surface area contributed by atoms with E-state index in [0.29, 0.717) is 24.5 Å². The Balaban J connectivity index is 1.71. The van der Waals surface area contributed by atoms with Crippen molar-refractivity contribution in [1.82, 2.24) is 15.1 Å². The summed E-state index contributed by atoms with van der Waals surface area (Å²) in [7, 11) is 2.13. The monoisotopic (exact) mass is 281 g/mol. The SMILES string of the molecule is CCNC1CCC(N(C)CC(=O)N2CCCCC2)CC1. The van der Waals surface area contributed by atoms with Crippen LogP contribution in [-0.4, -0.2) is 61.0 Å². The summed E-state index contributed by atoms with van der Waals surface area (Å²) in [6.07, 6.45) is 8.60. The zero-order chi connectivity index (χ0) is 14.4. The van der Waals surface area contributed by atoms with Crippen molar-refractivity contribution < 1.29 is 4.79 Å². The molecule has 1 heterocycles. The number of likely N-dealkylation sites (N-methyl/N-ethyl adjacent to an activating group) is 1. The molecular weight excluding hydrogens is 250 g/mol. The van der Waals surface area contributed by atoms with Crippen LogP contribution in [0.4, 0.5) is 0 Å². The molecule has 1 amide bonds. The molecule has 20 heavy (non-hydrogen) atoms. The van der Waals surface area contributed by atoms with Gasteiger partial charge in [-0.15, -0.1) is 0 Å². The van der Waals surface area contributed by atoms with Crippen molar-refractivity contribution in [3.8, 4) is 0 Å². The summed E-state index contributed by atoms with van der Waals surface area (Å²) in [5.41, 5.74) is 0. The molecular formula is C16H31N3O. The van der Waals surface area contributed by atoms with E-state index in [0.717, 1.165) is 19.6 Å². The third kappa shape index (κ3) is 4.45. The van der Waals surface area contributed by atoms with E-state index in [9.17, 15) is 4.79 Å². The molecule has 2 rings (SSSR count). The third-order valence-electron chi connectivity index (χ3n) is 4.91. The van der Waals surface area contributed by atoms with Gasteiger partial charge in [0.15, 0.2) is 0 Å². The molecule has 4 nitrogen and oxygen atoms in total. The highest BCUT2D eigenvalue weighted by molar-refractivity contribution is 5.78. The van der Waals surface area contributed by atoms with Gasteiger partial charge in [-0.1, -0.05) is 6.92 Å². The average molecular weight is 281 g/mol. The van der Waals surface area contributed by atoms with Crippen LogP contribution in [0.3, 0.4) is 0 Å². The molecule has 0 aromatic heterocycles. The van der Waals surface area contributed by atoms with Crippen molar-refractivity contribution >= 4 is 5.91 Å². The van der Waals surface area contributed by atoms with Crippen molar-refractivity contribution in [3.05, 3.63) is 0 Å². The molecule has 116 valence electrons. The number of carbonyl (C=O) groups excluding carboxylic acids is 1. The second-order valence-corrected chi connectivity index (χ2v) is 6.42. The van der Waals surface area contributed by atoms with Crippen LogP contribution in [0.1, 0.15) is 51.9 Å². The quantitative estimate of drug-likeness (QED) is 0.835. The minimum Gasteiger partial charge on any atom is -0.342 e. The van der Waals surface area contributed by atoms with Gasteiger partial charge in [-0.25, -0.2) is 0 Å². The predicted octanol–water partition coefficient (Wildman–Crippen LogP) is 1.85. The minimum absolute atomic E-state index is 0.334. The average Bonchev–Trinajstić information content (AvgIpc) is 2.49. The number of likely N-dealkylation sites (tertiary alicyclic amines) is 1. The zero-order valence-electron chi connectivity index (χ0n) is 13.2. The Labute approximate surface area is 123 Å². The first-order valence-electron chi connectivity index (χ1n) is 8.42. The Morgan fingerprint density at radius 3 is 2.40 bits per heavy atom. The Morgan fingerprint density at radius 1 is 1.15 bits per heavy atom. The van der Waals surface area contributed by atoms with E-state index in [1.165, 1.54) is 44.9 Å². The number of nitrogens with zero attached hydrogens (tertiary/aromatic N) is 2. The Kier molecular flexibility index (Phi) is 6.30. The molecule has 1 saturated carbocycles. The molecule has 0 aromatic rings. The topological polar surface area (TPSA) is 35.6 Å². The standard InChI is InChI=1S/C16H31N3O/c1-3-17-14-7-9-15(10-8-14)18(2)13-16(20)19-11-5-4-6-12-19/h14-15,17H,3-13H2,1-2H3. The fraction of sp³-hybridized carbons (Fsp3) is 0.938.